The zero-order valence-electron chi connectivity index (χ0n) is 12.5. The third kappa shape index (κ3) is 3.59. The molecule has 20 heavy (non-hydrogen) atoms. The summed E-state index contributed by atoms with van der Waals surface area (Å²) < 4.78 is 27.7. The van der Waals surface area contributed by atoms with Crippen molar-refractivity contribution in [2.24, 2.45) is 0 Å². The van der Waals surface area contributed by atoms with E-state index in [2.05, 4.69) is 17.0 Å². The second kappa shape index (κ2) is 5.84. The van der Waals surface area contributed by atoms with Crippen LogP contribution in [0.1, 0.15) is 44.2 Å². The summed E-state index contributed by atoms with van der Waals surface area (Å²) in [5.41, 5.74) is 1.65. The summed E-state index contributed by atoms with van der Waals surface area (Å²) >= 11 is 0. The molecule has 0 radical (unpaired) electrons. The van der Waals surface area contributed by atoms with Crippen molar-refractivity contribution in [2.45, 2.75) is 57.0 Å². The Morgan fingerprint density at radius 3 is 2.60 bits per heavy atom. The molecule has 4 nitrogen and oxygen atoms in total. The Morgan fingerprint density at radius 1 is 1.30 bits per heavy atom. The fourth-order valence-electron chi connectivity index (χ4n) is 2.21. The molecule has 1 aliphatic rings. The van der Waals surface area contributed by atoms with Crippen LogP contribution >= 0.6 is 0 Å². The lowest BCUT2D eigenvalue weighted by Crippen LogP contribution is -2.34. The van der Waals surface area contributed by atoms with Crippen LogP contribution in [0.15, 0.2) is 23.1 Å². The van der Waals surface area contributed by atoms with E-state index >= 15 is 0 Å². The van der Waals surface area contributed by atoms with Crippen molar-refractivity contribution >= 4 is 10.0 Å². The number of sulfonamides is 1. The fourth-order valence-corrected chi connectivity index (χ4v) is 3.97. The molecule has 0 saturated heterocycles. The molecule has 0 unspecified atom stereocenters. The summed E-state index contributed by atoms with van der Waals surface area (Å²) in [6, 6.07) is 5.49. The van der Waals surface area contributed by atoms with E-state index in [1.165, 1.54) is 0 Å². The molecule has 112 valence electrons. The van der Waals surface area contributed by atoms with Crippen LogP contribution in [0.4, 0.5) is 0 Å². The number of hydrogen-bond donors (Lipinski definition) is 2. The zero-order chi connectivity index (χ0) is 14.8. The molecule has 0 spiro atoms. The van der Waals surface area contributed by atoms with Crippen LogP contribution < -0.4 is 10.0 Å². The average Bonchev–Trinajstić information content (AvgIpc) is 3.08. The second-order valence-corrected chi connectivity index (χ2v) is 7.53. The number of hydrogen-bond acceptors (Lipinski definition) is 3. The van der Waals surface area contributed by atoms with Gasteiger partial charge < -0.3 is 5.32 Å². The van der Waals surface area contributed by atoms with Crippen molar-refractivity contribution in [3.8, 4) is 0 Å². The van der Waals surface area contributed by atoms with Gasteiger partial charge in [-0.25, -0.2) is 13.1 Å². The number of nitrogens with one attached hydrogen (secondary N) is 2. The van der Waals surface area contributed by atoms with E-state index in [-0.39, 0.29) is 5.54 Å². The Labute approximate surface area is 122 Å². The summed E-state index contributed by atoms with van der Waals surface area (Å²) in [7, 11) is -3.42. The SMILES string of the molecule is CCCNCc1cccc(S(=O)(=O)NC2(C)CC2)c1C. The maximum Gasteiger partial charge on any atom is 0.241 e. The minimum atomic E-state index is -3.42. The van der Waals surface area contributed by atoms with Crippen molar-refractivity contribution in [3.63, 3.8) is 0 Å². The van der Waals surface area contributed by atoms with Gasteiger partial charge in [0.25, 0.3) is 0 Å². The van der Waals surface area contributed by atoms with Gasteiger partial charge in [0.05, 0.1) is 4.90 Å². The first kappa shape index (κ1) is 15.5. The quantitative estimate of drug-likeness (QED) is 0.759. The molecule has 1 saturated carbocycles. The lowest BCUT2D eigenvalue weighted by Gasteiger charge is -2.16. The van der Waals surface area contributed by atoms with E-state index in [1.807, 2.05) is 26.0 Å². The summed E-state index contributed by atoms with van der Waals surface area (Å²) in [4.78, 5) is 0.404. The first-order chi connectivity index (χ1) is 9.38. The molecule has 0 heterocycles. The number of benzene rings is 1. The van der Waals surface area contributed by atoms with Gasteiger partial charge in [0.2, 0.25) is 10.0 Å². The zero-order valence-corrected chi connectivity index (χ0v) is 13.3. The van der Waals surface area contributed by atoms with Crippen molar-refractivity contribution in [3.05, 3.63) is 29.3 Å². The van der Waals surface area contributed by atoms with Crippen LogP contribution in [0.5, 0.6) is 0 Å². The van der Waals surface area contributed by atoms with Gasteiger partial charge in [-0.15, -0.1) is 0 Å². The second-order valence-electron chi connectivity index (χ2n) is 5.88. The topological polar surface area (TPSA) is 58.2 Å². The Hall–Kier alpha value is -0.910. The third-order valence-electron chi connectivity index (χ3n) is 3.81. The van der Waals surface area contributed by atoms with Crippen LogP contribution in [0.2, 0.25) is 0 Å². The standard InChI is InChI=1S/C15H24N2O2S/c1-4-10-16-11-13-6-5-7-14(12(13)2)20(18,19)17-15(3)8-9-15/h5-7,16-17H,4,8-11H2,1-3H3. The van der Waals surface area contributed by atoms with Gasteiger partial charge in [-0.1, -0.05) is 19.1 Å². The lowest BCUT2D eigenvalue weighted by atomic mass is 10.1. The Bertz CT molecular complexity index is 578. The van der Waals surface area contributed by atoms with Gasteiger partial charge >= 0.3 is 0 Å². The molecule has 0 aliphatic heterocycles. The first-order valence-electron chi connectivity index (χ1n) is 7.21. The van der Waals surface area contributed by atoms with Crippen molar-refractivity contribution < 1.29 is 8.42 Å². The van der Waals surface area contributed by atoms with E-state index in [1.54, 1.807) is 6.07 Å². The van der Waals surface area contributed by atoms with Crippen LogP contribution in [-0.2, 0) is 16.6 Å². The molecule has 1 fully saturated rings. The highest BCUT2D eigenvalue weighted by atomic mass is 32.2. The minimum absolute atomic E-state index is 0.234. The Balaban J connectivity index is 2.21. The molecular weight excluding hydrogens is 272 g/mol. The highest BCUT2D eigenvalue weighted by Crippen LogP contribution is 2.36. The van der Waals surface area contributed by atoms with Crippen molar-refractivity contribution in [2.75, 3.05) is 6.54 Å². The molecule has 0 atom stereocenters. The smallest absolute Gasteiger partial charge is 0.241 e. The van der Waals surface area contributed by atoms with E-state index in [0.717, 1.165) is 36.9 Å². The molecule has 1 aromatic rings. The highest BCUT2D eigenvalue weighted by molar-refractivity contribution is 7.89. The van der Waals surface area contributed by atoms with E-state index < -0.39 is 10.0 Å². The fraction of sp³-hybridized carbons (Fsp3) is 0.600. The normalized spacial score (nSPS) is 17.1. The van der Waals surface area contributed by atoms with Gasteiger partial charge in [-0.05, 0) is 56.8 Å². The monoisotopic (exact) mass is 296 g/mol. The predicted octanol–water partition coefficient (Wildman–Crippen LogP) is 2.33. The van der Waals surface area contributed by atoms with E-state index in [0.29, 0.717) is 11.4 Å². The maximum absolute atomic E-state index is 12.5. The summed E-state index contributed by atoms with van der Waals surface area (Å²) in [6.45, 7) is 7.59. The summed E-state index contributed by atoms with van der Waals surface area (Å²) in [5.74, 6) is 0. The molecule has 0 bridgehead atoms. The summed E-state index contributed by atoms with van der Waals surface area (Å²) in [5, 5.41) is 3.32. The maximum atomic E-state index is 12.5. The molecule has 5 heteroatoms. The average molecular weight is 296 g/mol. The predicted molar refractivity (Wildman–Crippen MR) is 81.1 cm³/mol. The van der Waals surface area contributed by atoms with Gasteiger partial charge in [0, 0.05) is 12.1 Å². The van der Waals surface area contributed by atoms with Crippen molar-refractivity contribution in [1.29, 1.82) is 0 Å². The Morgan fingerprint density at radius 2 is 2.00 bits per heavy atom. The number of rotatable bonds is 7. The largest absolute Gasteiger partial charge is 0.313 e. The molecule has 0 amide bonds. The van der Waals surface area contributed by atoms with Crippen LogP contribution in [0.3, 0.4) is 0 Å². The first-order valence-corrected chi connectivity index (χ1v) is 8.69. The van der Waals surface area contributed by atoms with Gasteiger partial charge in [0.15, 0.2) is 0 Å². The molecule has 2 rings (SSSR count). The molecule has 1 aliphatic carbocycles. The van der Waals surface area contributed by atoms with Gasteiger partial charge in [-0.3, -0.25) is 0 Å². The van der Waals surface area contributed by atoms with Crippen LogP contribution in [0, 0.1) is 6.92 Å². The molecular formula is C15H24N2O2S. The minimum Gasteiger partial charge on any atom is -0.313 e. The van der Waals surface area contributed by atoms with Crippen LogP contribution in [0.25, 0.3) is 0 Å². The molecule has 1 aromatic carbocycles. The third-order valence-corrected chi connectivity index (χ3v) is 5.59. The molecule has 2 N–H and O–H groups in total. The molecule has 0 aromatic heterocycles. The lowest BCUT2D eigenvalue weighted by molar-refractivity contribution is 0.557. The van der Waals surface area contributed by atoms with E-state index in [9.17, 15) is 8.42 Å². The summed E-state index contributed by atoms with van der Waals surface area (Å²) in [6.07, 6.45) is 2.91. The highest BCUT2D eigenvalue weighted by Gasteiger charge is 2.41. The van der Waals surface area contributed by atoms with Gasteiger partial charge in [0.1, 0.15) is 0 Å². The van der Waals surface area contributed by atoms with Crippen molar-refractivity contribution in [1.82, 2.24) is 10.0 Å². The van der Waals surface area contributed by atoms with Crippen LogP contribution in [-0.4, -0.2) is 20.5 Å². The van der Waals surface area contributed by atoms with Gasteiger partial charge in [-0.2, -0.15) is 0 Å². The Kier molecular flexibility index (Phi) is 4.52. The van der Waals surface area contributed by atoms with E-state index in [4.69, 9.17) is 0 Å².